The maximum absolute atomic E-state index is 13.3. The zero-order valence-electron chi connectivity index (χ0n) is 16.4. The Morgan fingerprint density at radius 2 is 1.85 bits per heavy atom. The summed E-state index contributed by atoms with van der Waals surface area (Å²) in [4.78, 5) is 32.1. The van der Waals surface area contributed by atoms with Crippen molar-refractivity contribution in [2.75, 3.05) is 51.4 Å². The van der Waals surface area contributed by atoms with Gasteiger partial charge in [-0.15, -0.1) is 0 Å². The van der Waals surface area contributed by atoms with Gasteiger partial charge in [0.05, 0.1) is 6.61 Å². The van der Waals surface area contributed by atoms with Gasteiger partial charge in [-0.25, -0.2) is 4.79 Å². The zero-order chi connectivity index (χ0) is 18.7. The second-order valence-electron chi connectivity index (χ2n) is 8.15. The molecule has 26 heavy (non-hydrogen) atoms. The number of piperidine rings is 1. The molecule has 3 amide bonds. The van der Waals surface area contributed by atoms with Crippen LogP contribution in [0.4, 0.5) is 4.79 Å². The number of ether oxygens (including phenoxy) is 1. The van der Waals surface area contributed by atoms with Gasteiger partial charge in [-0.2, -0.15) is 11.8 Å². The summed E-state index contributed by atoms with van der Waals surface area (Å²) >= 11 is 2.04. The lowest BCUT2D eigenvalue weighted by atomic mass is 9.84. The van der Waals surface area contributed by atoms with Crippen LogP contribution < -0.4 is 0 Å². The molecule has 0 aliphatic carbocycles. The van der Waals surface area contributed by atoms with Gasteiger partial charge < -0.3 is 14.5 Å². The Morgan fingerprint density at radius 3 is 2.42 bits per heavy atom. The minimum absolute atomic E-state index is 0.0196. The highest BCUT2D eigenvalue weighted by Gasteiger charge is 2.57. The van der Waals surface area contributed by atoms with E-state index in [1.54, 1.807) is 7.11 Å². The van der Waals surface area contributed by atoms with Crippen LogP contribution in [-0.2, 0) is 9.53 Å². The molecule has 3 saturated heterocycles. The van der Waals surface area contributed by atoms with E-state index in [-0.39, 0.29) is 17.9 Å². The van der Waals surface area contributed by atoms with Gasteiger partial charge >= 0.3 is 6.03 Å². The van der Waals surface area contributed by atoms with Crippen molar-refractivity contribution >= 4 is 23.7 Å². The van der Waals surface area contributed by atoms with E-state index in [0.29, 0.717) is 25.7 Å². The van der Waals surface area contributed by atoms with Gasteiger partial charge in [0, 0.05) is 39.3 Å². The second kappa shape index (κ2) is 8.48. The number of hydrogen-bond donors (Lipinski definition) is 0. The molecule has 0 atom stereocenters. The molecule has 0 aromatic carbocycles. The number of imide groups is 1. The monoisotopic (exact) mass is 383 g/mol. The Balaban J connectivity index is 1.74. The maximum atomic E-state index is 13.3. The zero-order valence-corrected chi connectivity index (χ0v) is 17.2. The summed E-state index contributed by atoms with van der Waals surface area (Å²) in [5.74, 6) is 2.78. The van der Waals surface area contributed by atoms with E-state index in [0.717, 1.165) is 25.9 Å². The highest BCUT2D eigenvalue weighted by molar-refractivity contribution is 7.99. The van der Waals surface area contributed by atoms with Crippen molar-refractivity contribution in [3.8, 4) is 0 Å². The van der Waals surface area contributed by atoms with Crippen LogP contribution in [0, 0.1) is 5.92 Å². The van der Waals surface area contributed by atoms with Crippen LogP contribution in [0.5, 0.6) is 0 Å². The van der Waals surface area contributed by atoms with Crippen molar-refractivity contribution in [2.45, 2.75) is 51.1 Å². The number of nitrogens with zero attached hydrogens (tertiary/aromatic N) is 3. The second-order valence-corrected chi connectivity index (χ2v) is 9.37. The number of urea groups is 1. The molecular formula is C19H33N3O3S. The Hall–Kier alpha value is -0.790. The van der Waals surface area contributed by atoms with Crippen molar-refractivity contribution in [1.29, 1.82) is 0 Å². The minimum atomic E-state index is -0.648. The standard InChI is InChI=1S/C19H33N3O3S/c1-15(2)14-21-17(23)19(22(18(21)24)10-11-25-3)6-8-20(9-7-19)16-4-12-26-13-5-16/h15-16H,4-14H2,1-3H3. The van der Waals surface area contributed by atoms with Crippen LogP contribution in [0.25, 0.3) is 0 Å². The van der Waals surface area contributed by atoms with Crippen LogP contribution in [0.2, 0.25) is 0 Å². The third-order valence-corrected chi connectivity index (χ3v) is 7.07. The molecule has 0 aromatic rings. The number of rotatable bonds is 6. The molecule has 0 N–H and O–H groups in total. The topological polar surface area (TPSA) is 53.1 Å². The number of likely N-dealkylation sites (tertiary alicyclic amines) is 1. The van der Waals surface area contributed by atoms with Gasteiger partial charge in [-0.1, -0.05) is 13.8 Å². The summed E-state index contributed by atoms with van der Waals surface area (Å²) in [5.41, 5.74) is -0.648. The predicted octanol–water partition coefficient (Wildman–Crippen LogP) is 2.28. The van der Waals surface area contributed by atoms with Crippen LogP contribution in [0.3, 0.4) is 0 Å². The average molecular weight is 384 g/mol. The molecule has 6 nitrogen and oxygen atoms in total. The van der Waals surface area contributed by atoms with Gasteiger partial charge in [0.1, 0.15) is 5.54 Å². The van der Waals surface area contributed by atoms with Crippen molar-refractivity contribution < 1.29 is 14.3 Å². The van der Waals surface area contributed by atoms with E-state index in [2.05, 4.69) is 18.7 Å². The SMILES string of the molecule is COCCN1C(=O)N(CC(C)C)C(=O)C12CCN(C1CCSCC1)CC2. The maximum Gasteiger partial charge on any atom is 0.327 e. The fourth-order valence-electron chi connectivity index (χ4n) is 4.59. The smallest absolute Gasteiger partial charge is 0.327 e. The first kappa shape index (κ1) is 20.0. The van der Waals surface area contributed by atoms with Crippen molar-refractivity contribution in [1.82, 2.24) is 14.7 Å². The first-order valence-corrected chi connectivity index (χ1v) is 11.1. The fourth-order valence-corrected chi connectivity index (χ4v) is 5.68. The fraction of sp³-hybridized carbons (Fsp3) is 0.895. The van der Waals surface area contributed by atoms with E-state index >= 15 is 0 Å². The molecule has 0 aromatic heterocycles. The third-order valence-electron chi connectivity index (χ3n) is 6.02. The highest BCUT2D eigenvalue weighted by atomic mass is 32.2. The first-order valence-electron chi connectivity index (χ1n) is 9.94. The molecule has 3 aliphatic rings. The van der Waals surface area contributed by atoms with Crippen molar-refractivity contribution in [3.05, 3.63) is 0 Å². The lowest BCUT2D eigenvalue weighted by molar-refractivity contribution is -0.136. The lowest BCUT2D eigenvalue weighted by Crippen LogP contribution is -2.58. The molecule has 0 saturated carbocycles. The molecule has 3 fully saturated rings. The van der Waals surface area contributed by atoms with Crippen LogP contribution in [0.15, 0.2) is 0 Å². The number of carbonyl (C=O) groups is 2. The predicted molar refractivity (Wildman–Crippen MR) is 104 cm³/mol. The summed E-state index contributed by atoms with van der Waals surface area (Å²) < 4.78 is 5.22. The van der Waals surface area contributed by atoms with Crippen LogP contribution >= 0.6 is 11.8 Å². The van der Waals surface area contributed by atoms with E-state index in [1.165, 1.54) is 29.2 Å². The van der Waals surface area contributed by atoms with Gasteiger partial charge in [0.15, 0.2) is 0 Å². The number of hydrogen-bond acceptors (Lipinski definition) is 5. The van der Waals surface area contributed by atoms with Crippen molar-refractivity contribution in [3.63, 3.8) is 0 Å². The molecule has 1 spiro atoms. The van der Waals surface area contributed by atoms with Crippen LogP contribution in [-0.4, -0.2) is 89.6 Å². The summed E-state index contributed by atoms with van der Waals surface area (Å²) in [6.45, 7) is 7.40. The quantitative estimate of drug-likeness (QED) is 0.659. The summed E-state index contributed by atoms with van der Waals surface area (Å²) in [7, 11) is 1.64. The normalized spacial score (nSPS) is 25.1. The third kappa shape index (κ3) is 3.76. The highest BCUT2D eigenvalue weighted by Crippen LogP contribution is 2.38. The van der Waals surface area contributed by atoms with Gasteiger partial charge in [-0.05, 0) is 43.1 Å². The molecular weight excluding hydrogens is 350 g/mol. The molecule has 3 heterocycles. The minimum Gasteiger partial charge on any atom is -0.383 e. The summed E-state index contributed by atoms with van der Waals surface area (Å²) in [6.07, 6.45) is 3.99. The molecule has 3 rings (SSSR count). The molecule has 0 radical (unpaired) electrons. The average Bonchev–Trinajstić information content (AvgIpc) is 2.83. The number of amides is 3. The Labute approximate surface area is 161 Å². The molecule has 0 bridgehead atoms. The lowest BCUT2D eigenvalue weighted by Gasteiger charge is -2.45. The van der Waals surface area contributed by atoms with Crippen LogP contribution in [0.1, 0.15) is 39.5 Å². The van der Waals surface area contributed by atoms with E-state index in [1.807, 2.05) is 16.7 Å². The van der Waals surface area contributed by atoms with Crippen molar-refractivity contribution in [2.24, 2.45) is 5.92 Å². The van der Waals surface area contributed by atoms with E-state index in [4.69, 9.17) is 4.74 Å². The van der Waals surface area contributed by atoms with Gasteiger partial charge in [0.25, 0.3) is 5.91 Å². The first-order chi connectivity index (χ1) is 12.5. The number of carbonyl (C=O) groups excluding carboxylic acids is 2. The Bertz CT molecular complexity index is 514. The number of thioether (sulfide) groups is 1. The Morgan fingerprint density at radius 1 is 1.19 bits per heavy atom. The van der Waals surface area contributed by atoms with Gasteiger partial charge in [-0.3, -0.25) is 9.69 Å². The molecule has 148 valence electrons. The summed E-state index contributed by atoms with van der Waals surface area (Å²) in [6, 6.07) is 0.531. The largest absolute Gasteiger partial charge is 0.383 e. The summed E-state index contributed by atoms with van der Waals surface area (Å²) in [5, 5.41) is 0. The molecule has 0 unspecified atom stereocenters. The van der Waals surface area contributed by atoms with E-state index in [9.17, 15) is 9.59 Å². The number of methoxy groups -OCH3 is 1. The van der Waals surface area contributed by atoms with E-state index < -0.39 is 5.54 Å². The molecule has 3 aliphatic heterocycles. The Kier molecular flexibility index (Phi) is 6.51. The molecule has 7 heteroatoms. The van der Waals surface area contributed by atoms with Gasteiger partial charge in [0.2, 0.25) is 0 Å².